The van der Waals surface area contributed by atoms with Gasteiger partial charge >= 0.3 is 11.9 Å². The highest BCUT2D eigenvalue weighted by Crippen LogP contribution is 2.52. The molecule has 2 aliphatic heterocycles. The Balaban J connectivity index is 0.000000217. The van der Waals surface area contributed by atoms with Crippen LogP contribution in [-0.4, -0.2) is 46.6 Å². The summed E-state index contributed by atoms with van der Waals surface area (Å²) in [5.41, 5.74) is 1.65. The second kappa shape index (κ2) is 11.7. The summed E-state index contributed by atoms with van der Waals surface area (Å²) in [4.78, 5) is 20.0. The number of hydrogen-bond acceptors (Lipinski definition) is 4. The molecule has 0 bridgehead atoms. The molecule has 6 heteroatoms. The van der Waals surface area contributed by atoms with Crippen molar-refractivity contribution in [1.29, 1.82) is 0 Å². The van der Waals surface area contributed by atoms with Crippen molar-refractivity contribution < 1.29 is 29.3 Å². The lowest BCUT2D eigenvalue weighted by molar-refractivity contribution is -0.132. The molecule has 1 saturated carbocycles. The Hall–Kier alpha value is -2.44. The molecular formula is C24H32O6. The van der Waals surface area contributed by atoms with E-state index in [0.717, 1.165) is 25.2 Å². The molecule has 1 aliphatic carbocycles. The van der Waals surface area contributed by atoms with Crippen LogP contribution in [0.25, 0.3) is 0 Å². The van der Waals surface area contributed by atoms with Crippen LogP contribution in [0.1, 0.15) is 46.0 Å². The third-order valence-corrected chi connectivity index (χ3v) is 5.37. The highest BCUT2D eigenvalue weighted by atomic mass is 16.6. The maximum Gasteiger partial charge on any atom is 0.328 e. The highest BCUT2D eigenvalue weighted by Gasteiger charge is 2.60. The Kier molecular flexibility index (Phi) is 9.27. The lowest BCUT2D eigenvalue weighted by Gasteiger charge is -2.27. The van der Waals surface area contributed by atoms with Crippen LogP contribution in [0.2, 0.25) is 0 Å². The van der Waals surface area contributed by atoms with Crippen molar-refractivity contribution >= 4 is 11.9 Å². The summed E-state index contributed by atoms with van der Waals surface area (Å²) >= 11 is 0. The number of carboxylic acids is 2. The van der Waals surface area contributed by atoms with Gasteiger partial charge in [-0.2, -0.15) is 0 Å². The second-order valence-electron chi connectivity index (χ2n) is 8.03. The predicted molar refractivity (Wildman–Crippen MR) is 115 cm³/mol. The van der Waals surface area contributed by atoms with E-state index < -0.39 is 11.9 Å². The molecule has 2 saturated heterocycles. The number of allylic oxidation sites excluding steroid dienone is 7. The lowest BCUT2D eigenvalue weighted by Crippen LogP contribution is -2.33. The zero-order chi connectivity index (χ0) is 22.0. The summed E-state index contributed by atoms with van der Waals surface area (Å²) in [5.74, 6) is -1.33. The smallest absolute Gasteiger partial charge is 0.328 e. The zero-order valence-corrected chi connectivity index (χ0v) is 17.7. The molecule has 3 fully saturated rings. The molecule has 0 aromatic rings. The minimum absolute atomic E-state index is 0.253. The summed E-state index contributed by atoms with van der Waals surface area (Å²) in [7, 11) is 0. The van der Waals surface area contributed by atoms with Crippen molar-refractivity contribution in [2.24, 2.45) is 5.92 Å². The number of epoxide rings is 2. The van der Waals surface area contributed by atoms with Crippen LogP contribution < -0.4 is 0 Å². The molecular weight excluding hydrogens is 384 g/mol. The van der Waals surface area contributed by atoms with Crippen molar-refractivity contribution in [2.45, 2.75) is 63.8 Å². The van der Waals surface area contributed by atoms with Gasteiger partial charge in [0.25, 0.3) is 0 Å². The molecule has 4 atom stereocenters. The van der Waals surface area contributed by atoms with Crippen molar-refractivity contribution in [3.63, 3.8) is 0 Å². The Morgan fingerprint density at radius 1 is 0.967 bits per heavy atom. The normalized spacial score (nSPS) is 30.0. The van der Waals surface area contributed by atoms with Gasteiger partial charge in [0.15, 0.2) is 0 Å². The lowest BCUT2D eigenvalue weighted by atomic mass is 9.76. The summed E-state index contributed by atoms with van der Waals surface area (Å²) in [6.07, 6.45) is 20.6. The molecule has 3 rings (SSSR count). The van der Waals surface area contributed by atoms with E-state index in [1.54, 1.807) is 12.2 Å². The van der Waals surface area contributed by atoms with Crippen LogP contribution in [0.3, 0.4) is 0 Å². The first kappa shape index (κ1) is 23.8. The fourth-order valence-electron chi connectivity index (χ4n) is 3.74. The molecule has 2 heterocycles. The standard InChI is InChI=1S/C14H22O2.C10H10O4/c1-10(2)6-7-12-13(16-12)11-5-3-4-8-14(11)9-15-14;11-9(12)7-5-3-1-2-4-6-8-10(13)14/h6,11-13H,3-5,7-9H2,1-2H3;1-8H,(H,11,12)(H,13,14)/b;3-1+,4-2+,7-5+,8-6+. The van der Waals surface area contributed by atoms with E-state index in [2.05, 4.69) is 19.9 Å². The van der Waals surface area contributed by atoms with Gasteiger partial charge in [-0.05, 0) is 33.1 Å². The average molecular weight is 417 g/mol. The Morgan fingerprint density at radius 3 is 2.03 bits per heavy atom. The molecule has 2 N–H and O–H groups in total. The van der Waals surface area contributed by atoms with Crippen molar-refractivity contribution in [2.75, 3.05) is 6.61 Å². The van der Waals surface area contributed by atoms with E-state index >= 15 is 0 Å². The van der Waals surface area contributed by atoms with E-state index in [0.29, 0.717) is 18.1 Å². The molecule has 0 aromatic heterocycles. The van der Waals surface area contributed by atoms with Crippen molar-refractivity contribution in [3.05, 3.63) is 60.3 Å². The van der Waals surface area contributed by atoms with Gasteiger partial charge in [0.2, 0.25) is 0 Å². The molecule has 0 radical (unpaired) electrons. The predicted octanol–water partition coefficient (Wildman–Crippen LogP) is 4.45. The zero-order valence-electron chi connectivity index (χ0n) is 17.7. The van der Waals surface area contributed by atoms with E-state index in [1.165, 1.54) is 55.6 Å². The highest BCUT2D eigenvalue weighted by molar-refractivity contribution is 5.80. The van der Waals surface area contributed by atoms with Crippen LogP contribution in [-0.2, 0) is 19.1 Å². The van der Waals surface area contributed by atoms with Gasteiger partial charge < -0.3 is 19.7 Å². The Bertz CT molecular complexity index is 703. The van der Waals surface area contributed by atoms with Gasteiger partial charge in [-0.3, -0.25) is 0 Å². The first-order valence-corrected chi connectivity index (χ1v) is 10.4. The molecule has 3 aliphatic rings. The van der Waals surface area contributed by atoms with Gasteiger partial charge in [-0.25, -0.2) is 9.59 Å². The van der Waals surface area contributed by atoms with Gasteiger partial charge in [-0.1, -0.05) is 60.9 Å². The average Bonchev–Trinajstić information content (AvgIpc) is 3.61. The molecule has 6 nitrogen and oxygen atoms in total. The van der Waals surface area contributed by atoms with Crippen molar-refractivity contribution in [3.8, 4) is 0 Å². The fraction of sp³-hybridized carbons (Fsp3) is 0.500. The van der Waals surface area contributed by atoms with E-state index in [-0.39, 0.29) is 5.60 Å². The number of rotatable bonds is 8. The van der Waals surface area contributed by atoms with Gasteiger partial charge in [0.05, 0.1) is 24.4 Å². The van der Waals surface area contributed by atoms with E-state index in [1.807, 2.05) is 0 Å². The maximum absolute atomic E-state index is 9.99. The maximum atomic E-state index is 9.99. The van der Waals surface area contributed by atoms with Gasteiger partial charge in [0.1, 0.15) is 0 Å². The number of aliphatic carboxylic acids is 2. The third kappa shape index (κ3) is 8.51. The van der Waals surface area contributed by atoms with Crippen LogP contribution in [0.15, 0.2) is 60.3 Å². The van der Waals surface area contributed by atoms with Crippen LogP contribution in [0.5, 0.6) is 0 Å². The SMILES string of the molecule is CC(C)=CCC1OC1C1CCCCC12CO2.O=C(O)/C=C/C=C/C=C/C=C/C(=O)O. The van der Waals surface area contributed by atoms with Crippen LogP contribution in [0.4, 0.5) is 0 Å². The summed E-state index contributed by atoms with van der Waals surface area (Å²) in [6, 6.07) is 0. The second-order valence-corrected chi connectivity index (χ2v) is 8.03. The molecule has 0 aromatic carbocycles. The minimum Gasteiger partial charge on any atom is -0.478 e. The molecule has 4 unspecified atom stereocenters. The van der Waals surface area contributed by atoms with E-state index in [4.69, 9.17) is 19.7 Å². The quantitative estimate of drug-likeness (QED) is 0.262. The number of hydrogen-bond donors (Lipinski definition) is 2. The van der Waals surface area contributed by atoms with E-state index in [9.17, 15) is 9.59 Å². The summed E-state index contributed by atoms with van der Waals surface area (Å²) in [6.45, 7) is 5.31. The topological polar surface area (TPSA) is 99.7 Å². The third-order valence-electron chi connectivity index (χ3n) is 5.37. The molecule has 30 heavy (non-hydrogen) atoms. The Labute approximate surface area is 178 Å². The first-order valence-electron chi connectivity index (χ1n) is 10.4. The van der Waals surface area contributed by atoms with Gasteiger partial charge in [0, 0.05) is 18.1 Å². The van der Waals surface area contributed by atoms with Crippen molar-refractivity contribution in [1.82, 2.24) is 0 Å². The number of carbonyl (C=O) groups is 2. The molecule has 1 spiro atoms. The largest absolute Gasteiger partial charge is 0.478 e. The summed E-state index contributed by atoms with van der Waals surface area (Å²) < 4.78 is 11.6. The monoisotopic (exact) mass is 416 g/mol. The fourth-order valence-corrected chi connectivity index (χ4v) is 3.74. The Morgan fingerprint density at radius 2 is 1.53 bits per heavy atom. The first-order chi connectivity index (χ1) is 14.3. The molecule has 0 amide bonds. The number of ether oxygens (including phenoxy) is 2. The minimum atomic E-state index is -1.01. The molecule has 164 valence electrons. The number of carboxylic acid groups (broad SMARTS) is 2. The summed E-state index contributed by atoms with van der Waals surface area (Å²) in [5, 5.41) is 16.4. The van der Waals surface area contributed by atoms with Crippen LogP contribution >= 0.6 is 0 Å². The van der Waals surface area contributed by atoms with Crippen LogP contribution in [0, 0.1) is 5.92 Å². The van der Waals surface area contributed by atoms with Gasteiger partial charge in [-0.15, -0.1) is 0 Å².